The second kappa shape index (κ2) is 11.7. The highest BCUT2D eigenvalue weighted by Gasteiger charge is 2.25. The van der Waals surface area contributed by atoms with E-state index in [4.69, 9.17) is 14.5 Å². The Hall–Kier alpha value is -4.65. The summed E-state index contributed by atoms with van der Waals surface area (Å²) in [4.78, 5) is 31.4. The Kier molecular flexibility index (Phi) is 7.66. The minimum Gasteiger partial charge on any atom is -0.493 e. The van der Waals surface area contributed by atoms with Crippen molar-refractivity contribution in [3.05, 3.63) is 106 Å². The van der Waals surface area contributed by atoms with Gasteiger partial charge >= 0.3 is 12.1 Å². The summed E-state index contributed by atoms with van der Waals surface area (Å²) in [5.74, 6) is 0.0105. The highest BCUT2D eigenvalue weighted by Crippen LogP contribution is 2.41. The first-order chi connectivity index (χ1) is 20.4. The molecule has 4 aromatic rings. The van der Waals surface area contributed by atoms with E-state index in [0.717, 1.165) is 74.5 Å². The molecule has 1 amide bonds. The molecular formula is C35H34N2O5. The van der Waals surface area contributed by atoms with Gasteiger partial charge in [0.05, 0.1) is 13.0 Å². The van der Waals surface area contributed by atoms with Crippen LogP contribution in [-0.2, 0) is 41.9 Å². The molecule has 214 valence electrons. The number of amides is 1. The van der Waals surface area contributed by atoms with Gasteiger partial charge in [0.1, 0.15) is 12.4 Å². The first-order valence-corrected chi connectivity index (χ1v) is 14.4. The Balaban J connectivity index is 1.34. The summed E-state index contributed by atoms with van der Waals surface area (Å²) in [5.41, 5.74) is 10.5. The molecule has 0 fully saturated rings. The number of rotatable bonds is 6. The van der Waals surface area contributed by atoms with Crippen LogP contribution in [0.15, 0.2) is 66.7 Å². The minimum atomic E-state index is -0.887. The van der Waals surface area contributed by atoms with Crippen LogP contribution in [0, 0.1) is 13.8 Å². The largest absolute Gasteiger partial charge is 0.493 e. The summed E-state index contributed by atoms with van der Waals surface area (Å²) in [7, 11) is 0. The van der Waals surface area contributed by atoms with E-state index >= 15 is 0 Å². The number of aromatic nitrogens is 1. The average molecular weight is 563 g/mol. The number of ether oxygens (including phenoxy) is 2. The molecule has 3 heterocycles. The molecular weight excluding hydrogens is 528 g/mol. The van der Waals surface area contributed by atoms with Crippen LogP contribution in [0.5, 0.6) is 5.75 Å². The number of hydrogen-bond donors (Lipinski definition) is 1. The molecule has 0 unspecified atom stereocenters. The Morgan fingerprint density at radius 2 is 1.67 bits per heavy atom. The summed E-state index contributed by atoms with van der Waals surface area (Å²) >= 11 is 0. The fourth-order valence-electron chi connectivity index (χ4n) is 6.12. The summed E-state index contributed by atoms with van der Waals surface area (Å²) in [5, 5.41) is 9.83. The van der Waals surface area contributed by atoms with Crippen molar-refractivity contribution in [2.75, 3.05) is 13.2 Å². The second-order valence-electron chi connectivity index (χ2n) is 11.1. The molecule has 0 radical (unpaired) electrons. The van der Waals surface area contributed by atoms with Crippen molar-refractivity contribution in [1.82, 2.24) is 9.88 Å². The third-order valence-electron chi connectivity index (χ3n) is 8.18. The number of benzene rings is 3. The van der Waals surface area contributed by atoms with Gasteiger partial charge in [0.25, 0.3) is 0 Å². The molecule has 2 aliphatic heterocycles. The smallest absolute Gasteiger partial charge is 0.410 e. The first-order valence-electron chi connectivity index (χ1n) is 14.4. The Morgan fingerprint density at radius 3 is 2.48 bits per heavy atom. The average Bonchev–Trinajstić information content (AvgIpc) is 3.00. The number of aliphatic carboxylic acids is 1. The lowest BCUT2D eigenvalue weighted by Gasteiger charge is -2.29. The summed E-state index contributed by atoms with van der Waals surface area (Å²) in [6.45, 7) is 5.89. The number of carboxylic acid groups (broad SMARTS) is 1. The molecule has 1 aromatic heterocycles. The van der Waals surface area contributed by atoms with Crippen LogP contribution in [0.1, 0.15) is 45.6 Å². The Labute approximate surface area is 245 Å². The third kappa shape index (κ3) is 5.59. The maximum absolute atomic E-state index is 12.8. The molecule has 42 heavy (non-hydrogen) atoms. The topological polar surface area (TPSA) is 89.0 Å². The maximum atomic E-state index is 12.8. The van der Waals surface area contributed by atoms with E-state index in [1.54, 1.807) is 4.90 Å². The number of fused-ring (bicyclic) bond motifs is 2. The molecule has 1 N–H and O–H groups in total. The van der Waals surface area contributed by atoms with Crippen molar-refractivity contribution in [1.29, 1.82) is 0 Å². The molecule has 0 saturated carbocycles. The Bertz CT molecular complexity index is 1660. The van der Waals surface area contributed by atoms with Crippen LogP contribution in [0.25, 0.3) is 22.3 Å². The lowest BCUT2D eigenvalue weighted by Crippen LogP contribution is -2.36. The van der Waals surface area contributed by atoms with Crippen LogP contribution in [-0.4, -0.2) is 40.2 Å². The van der Waals surface area contributed by atoms with Gasteiger partial charge in [-0.25, -0.2) is 4.79 Å². The molecule has 0 bridgehead atoms. The number of hydrogen-bond acceptors (Lipinski definition) is 5. The molecule has 0 spiro atoms. The zero-order chi connectivity index (χ0) is 29.2. The highest BCUT2D eigenvalue weighted by molar-refractivity contribution is 5.90. The van der Waals surface area contributed by atoms with Crippen molar-refractivity contribution in [3.8, 4) is 28.0 Å². The van der Waals surface area contributed by atoms with Gasteiger partial charge in [-0.05, 0) is 89.8 Å². The van der Waals surface area contributed by atoms with E-state index in [0.29, 0.717) is 26.1 Å². The highest BCUT2D eigenvalue weighted by atomic mass is 16.6. The zero-order valence-electron chi connectivity index (χ0n) is 24.0. The van der Waals surface area contributed by atoms with Crippen molar-refractivity contribution < 1.29 is 24.2 Å². The molecule has 6 rings (SSSR count). The quantitative estimate of drug-likeness (QED) is 0.282. The van der Waals surface area contributed by atoms with Gasteiger partial charge in [-0.3, -0.25) is 9.78 Å². The van der Waals surface area contributed by atoms with E-state index in [1.807, 2.05) is 56.3 Å². The lowest BCUT2D eigenvalue weighted by molar-refractivity contribution is -0.136. The predicted molar refractivity (Wildman–Crippen MR) is 160 cm³/mol. The molecule has 3 aromatic carbocycles. The number of aryl methyl sites for hydroxylation is 3. The van der Waals surface area contributed by atoms with Crippen LogP contribution in [0.3, 0.4) is 0 Å². The van der Waals surface area contributed by atoms with Gasteiger partial charge in [0.2, 0.25) is 0 Å². The van der Waals surface area contributed by atoms with Crippen LogP contribution < -0.4 is 4.74 Å². The summed E-state index contributed by atoms with van der Waals surface area (Å²) < 4.78 is 11.4. The standard InChI is InChI=1S/C35H34N2O5/c1-22-30(19-32(38)39)34(28-12-13-31-26(18-28)9-6-16-41-31)33(23(2)36-22)27-10-11-29-20-37(15-14-25(29)17-27)35(40)42-21-24-7-4-3-5-8-24/h3-5,7-8,10-13,17-18H,6,9,14-16,19-21H2,1-2H3,(H,38,39). The van der Waals surface area contributed by atoms with Crippen molar-refractivity contribution >= 4 is 12.1 Å². The first kappa shape index (κ1) is 27.5. The zero-order valence-corrected chi connectivity index (χ0v) is 24.0. The predicted octanol–water partition coefficient (Wildman–Crippen LogP) is 6.68. The number of pyridine rings is 1. The minimum absolute atomic E-state index is 0.111. The summed E-state index contributed by atoms with van der Waals surface area (Å²) in [6, 6.07) is 22.2. The van der Waals surface area contributed by atoms with E-state index in [2.05, 4.69) is 24.3 Å². The molecule has 0 aliphatic carbocycles. The maximum Gasteiger partial charge on any atom is 0.410 e. The Morgan fingerprint density at radius 1 is 0.905 bits per heavy atom. The fourth-order valence-corrected chi connectivity index (χ4v) is 6.12. The van der Waals surface area contributed by atoms with Crippen LogP contribution in [0.2, 0.25) is 0 Å². The molecule has 2 aliphatic rings. The SMILES string of the molecule is Cc1nc(C)c(-c2ccc3c(c2)CCN(C(=O)OCc2ccccc2)C3)c(-c2ccc3c(c2)CCCO3)c1CC(=O)O. The second-order valence-corrected chi connectivity index (χ2v) is 11.1. The molecule has 7 heteroatoms. The number of carboxylic acids is 1. The van der Waals surface area contributed by atoms with Crippen molar-refractivity contribution in [2.45, 2.75) is 52.7 Å². The fraction of sp³-hybridized carbons (Fsp3) is 0.286. The number of carbonyl (C=O) groups is 2. The van der Waals surface area contributed by atoms with Crippen LogP contribution in [0.4, 0.5) is 4.79 Å². The number of nitrogens with zero attached hydrogens (tertiary/aromatic N) is 2. The van der Waals surface area contributed by atoms with E-state index < -0.39 is 5.97 Å². The molecule has 0 saturated heterocycles. The van der Waals surface area contributed by atoms with Gasteiger partial charge in [-0.1, -0.05) is 54.6 Å². The van der Waals surface area contributed by atoms with Crippen LogP contribution >= 0.6 is 0 Å². The van der Waals surface area contributed by atoms with E-state index in [9.17, 15) is 14.7 Å². The van der Waals surface area contributed by atoms with Gasteiger partial charge in [-0.2, -0.15) is 0 Å². The number of carbonyl (C=O) groups excluding carboxylic acids is 1. The molecule has 0 atom stereocenters. The summed E-state index contributed by atoms with van der Waals surface area (Å²) in [6.07, 6.45) is 2.17. The van der Waals surface area contributed by atoms with Gasteiger partial charge in [0, 0.05) is 30.0 Å². The van der Waals surface area contributed by atoms with E-state index in [1.165, 1.54) is 5.56 Å². The third-order valence-corrected chi connectivity index (χ3v) is 8.18. The van der Waals surface area contributed by atoms with Gasteiger partial charge < -0.3 is 19.5 Å². The van der Waals surface area contributed by atoms with Crippen molar-refractivity contribution in [2.24, 2.45) is 0 Å². The monoisotopic (exact) mass is 562 g/mol. The van der Waals surface area contributed by atoms with Gasteiger partial charge in [0.15, 0.2) is 0 Å². The normalized spacial score (nSPS) is 14.0. The van der Waals surface area contributed by atoms with E-state index in [-0.39, 0.29) is 19.1 Å². The lowest BCUT2D eigenvalue weighted by atomic mass is 9.85. The van der Waals surface area contributed by atoms with Crippen molar-refractivity contribution in [3.63, 3.8) is 0 Å². The van der Waals surface area contributed by atoms with Gasteiger partial charge in [-0.15, -0.1) is 0 Å². The molecule has 7 nitrogen and oxygen atoms in total.